The van der Waals surface area contributed by atoms with Crippen molar-refractivity contribution in [2.24, 2.45) is 11.8 Å². The maximum absolute atomic E-state index is 12.3. The first-order valence-corrected chi connectivity index (χ1v) is 7.12. The van der Waals surface area contributed by atoms with Gasteiger partial charge in [-0.05, 0) is 38.6 Å². The molecule has 1 amide bonds. The van der Waals surface area contributed by atoms with Crippen LogP contribution in [-0.4, -0.2) is 24.5 Å². The fourth-order valence-electron chi connectivity index (χ4n) is 3.21. The number of rotatable bonds is 2. The number of piperidine rings is 1. The Balaban J connectivity index is 1.87. The second-order valence-corrected chi connectivity index (χ2v) is 6.31. The molecule has 0 aromatic heterocycles. The van der Waals surface area contributed by atoms with Crippen LogP contribution in [0.2, 0.25) is 0 Å². The monoisotopic (exact) mass is 238 g/mol. The molecule has 0 radical (unpaired) electrons. The molecule has 2 fully saturated rings. The van der Waals surface area contributed by atoms with E-state index in [4.69, 9.17) is 0 Å². The maximum atomic E-state index is 12.3. The third kappa shape index (κ3) is 3.44. The topological polar surface area (TPSA) is 41.1 Å². The summed E-state index contributed by atoms with van der Waals surface area (Å²) >= 11 is 0. The summed E-state index contributed by atoms with van der Waals surface area (Å²) in [6.45, 7) is 6.34. The minimum atomic E-state index is 0.0655. The third-order valence-electron chi connectivity index (χ3n) is 4.32. The highest BCUT2D eigenvalue weighted by molar-refractivity contribution is 5.79. The summed E-state index contributed by atoms with van der Waals surface area (Å²) in [5.74, 6) is 1.07. The summed E-state index contributed by atoms with van der Waals surface area (Å²) in [5.41, 5.74) is 0.0655. The van der Waals surface area contributed by atoms with E-state index in [0.29, 0.717) is 5.92 Å². The Kier molecular flexibility index (Phi) is 4.08. The van der Waals surface area contributed by atoms with Gasteiger partial charge in [0.1, 0.15) is 0 Å². The van der Waals surface area contributed by atoms with E-state index in [1.165, 1.54) is 19.3 Å². The van der Waals surface area contributed by atoms with Crippen molar-refractivity contribution in [1.82, 2.24) is 10.6 Å². The maximum Gasteiger partial charge on any atom is 0.224 e. The van der Waals surface area contributed by atoms with E-state index in [-0.39, 0.29) is 17.4 Å². The van der Waals surface area contributed by atoms with E-state index in [0.717, 1.165) is 32.4 Å². The molecular weight excluding hydrogens is 212 g/mol. The predicted molar refractivity (Wildman–Crippen MR) is 69.8 cm³/mol. The van der Waals surface area contributed by atoms with Crippen molar-refractivity contribution < 1.29 is 4.79 Å². The summed E-state index contributed by atoms with van der Waals surface area (Å²) < 4.78 is 0. The zero-order valence-corrected chi connectivity index (χ0v) is 11.2. The summed E-state index contributed by atoms with van der Waals surface area (Å²) in [4.78, 5) is 12.3. The summed E-state index contributed by atoms with van der Waals surface area (Å²) in [6.07, 6.45) is 7.18. The van der Waals surface area contributed by atoms with Crippen LogP contribution in [0.4, 0.5) is 0 Å². The number of hydrogen-bond donors (Lipinski definition) is 2. The van der Waals surface area contributed by atoms with Gasteiger partial charge in [0, 0.05) is 12.1 Å². The minimum absolute atomic E-state index is 0.0655. The van der Waals surface area contributed by atoms with Gasteiger partial charge in [0.25, 0.3) is 0 Å². The van der Waals surface area contributed by atoms with E-state index < -0.39 is 0 Å². The molecule has 3 nitrogen and oxygen atoms in total. The molecule has 2 rings (SSSR count). The molecule has 2 atom stereocenters. The first kappa shape index (κ1) is 12.9. The van der Waals surface area contributed by atoms with Crippen LogP contribution >= 0.6 is 0 Å². The highest BCUT2D eigenvalue weighted by Crippen LogP contribution is 2.28. The van der Waals surface area contributed by atoms with E-state index in [9.17, 15) is 4.79 Å². The molecule has 3 heteroatoms. The molecule has 1 aliphatic heterocycles. The smallest absolute Gasteiger partial charge is 0.224 e. The first-order chi connectivity index (χ1) is 8.09. The largest absolute Gasteiger partial charge is 0.351 e. The molecule has 2 unspecified atom stereocenters. The summed E-state index contributed by atoms with van der Waals surface area (Å²) in [5, 5.41) is 6.66. The van der Waals surface area contributed by atoms with Crippen LogP contribution < -0.4 is 10.6 Å². The van der Waals surface area contributed by atoms with Gasteiger partial charge in [0.15, 0.2) is 0 Å². The van der Waals surface area contributed by atoms with Crippen LogP contribution in [0, 0.1) is 11.8 Å². The van der Waals surface area contributed by atoms with Crippen molar-refractivity contribution in [3.63, 3.8) is 0 Å². The lowest BCUT2D eigenvalue weighted by Crippen LogP contribution is -2.52. The number of amides is 1. The molecular formula is C14H26N2O. The molecule has 2 aliphatic rings. The Morgan fingerprint density at radius 2 is 1.94 bits per heavy atom. The predicted octanol–water partition coefficient (Wildman–Crippen LogP) is 2.07. The average Bonchev–Trinajstić information content (AvgIpc) is 2.29. The van der Waals surface area contributed by atoms with Gasteiger partial charge in [-0.25, -0.2) is 0 Å². The third-order valence-corrected chi connectivity index (χ3v) is 4.32. The lowest BCUT2D eigenvalue weighted by atomic mass is 9.82. The standard InChI is InChI=1S/C14H26N2O/c1-11-8-12(10-15-9-11)13(17)16-14(2)6-4-3-5-7-14/h11-12,15H,3-10H2,1-2H3,(H,16,17). The van der Waals surface area contributed by atoms with E-state index in [2.05, 4.69) is 24.5 Å². The van der Waals surface area contributed by atoms with Crippen LogP contribution in [0.25, 0.3) is 0 Å². The number of hydrogen-bond acceptors (Lipinski definition) is 2. The Bertz CT molecular complexity index is 271. The lowest BCUT2D eigenvalue weighted by molar-refractivity contribution is -0.128. The Labute approximate surface area is 105 Å². The highest BCUT2D eigenvalue weighted by Gasteiger charge is 2.32. The van der Waals surface area contributed by atoms with Crippen molar-refractivity contribution >= 4 is 5.91 Å². The van der Waals surface area contributed by atoms with Gasteiger partial charge < -0.3 is 10.6 Å². The SMILES string of the molecule is CC1CNCC(C(=O)NC2(C)CCCCC2)C1. The van der Waals surface area contributed by atoms with Crippen LogP contribution in [0.3, 0.4) is 0 Å². The highest BCUT2D eigenvalue weighted by atomic mass is 16.2. The van der Waals surface area contributed by atoms with E-state index in [1.807, 2.05) is 0 Å². The molecule has 2 N–H and O–H groups in total. The van der Waals surface area contributed by atoms with Crippen LogP contribution in [0.1, 0.15) is 52.4 Å². The van der Waals surface area contributed by atoms with Crippen molar-refractivity contribution in [2.45, 2.75) is 57.9 Å². The Morgan fingerprint density at radius 1 is 1.24 bits per heavy atom. The molecule has 1 aliphatic carbocycles. The molecule has 0 aromatic rings. The molecule has 1 heterocycles. The number of carbonyl (C=O) groups is 1. The van der Waals surface area contributed by atoms with Gasteiger partial charge in [-0.15, -0.1) is 0 Å². The lowest BCUT2D eigenvalue weighted by Gasteiger charge is -2.37. The van der Waals surface area contributed by atoms with E-state index >= 15 is 0 Å². The van der Waals surface area contributed by atoms with Gasteiger partial charge in [-0.2, -0.15) is 0 Å². The number of nitrogens with one attached hydrogen (secondary N) is 2. The van der Waals surface area contributed by atoms with Crippen LogP contribution in [-0.2, 0) is 4.79 Å². The van der Waals surface area contributed by atoms with E-state index in [1.54, 1.807) is 0 Å². The fourth-order valence-corrected chi connectivity index (χ4v) is 3.21. The fraction of sp³-hybridized carbons (Fsp3) is 0.929. The number of carbonyl (C=O) groups excluding carboxylic acids is 1. The van der Waals surface area contributed by atoms with Gasteiger partial charge in [-0.3, -0.25) is 4.79 Å². The van der Waals surface area contributed by atoms with Crippen LogP contribution in [0.15, 0.2) is 0 Å². The first-order valence-electron chi connectivity index (χ1n) is 7.12. The quantitative estimate of drug-likeness (QED) is 0.773. The average molecular weight is 238 g/mol. The Morgan fingerprint density at radius 3 is 2.59 bits per heavy atom. The molecule has 0 aromatic carbocycles. The molecule has 0 spiro atoms. The van der Waals surface area contributed by atoms with Crippen molar-refractivity contribution in [3.8, 4) is 0 Å². The second kappa shape index (κ2) is 5.38. The molecule has 98 valence electrons. The van der Waals surface area contributed by atoms with Gasteiger partial charge in [0.2, 0.25) is 5.91 Å². The Hall–Kier alpha value is -0.570. The zero-order valence-electron chi connectivity index (χ0n) is 11.2. The van der Waals surface area contributed by atoms with Gasteiger partial charge in [-0.1, -0.05) is 26.2 Å². The molecule has 1 saturated carbocycles. The summed E-state index contributed by atoms with van der Waals surface area (Å²) in [6, 6.07) is 0. The normalized spacial score (nSPS) is 33.1. The molecule has 0 bridgehead atoms. The van der Waals surface area contributed by atoms with Gasteiger partial charge >= 0.3 is 0 Å². The molecule has 17 heavy (non-hydrogen) atoms. The summed E-state index contributed by atoms with van der Waals surface area (Å²) in [7, 11) is 0. The van der Waals surface area contributed by atoms with Gasteiger partial charge in [0.05, 0.1) is 5.92 Å². The van der Waals surface area contributed by atoms with Crippen molar-refractivity contribution in [2.75, 3.05) is 13.1 Å². The van der Waals surface area contributed by atoms with Crippen molar-refractivity contribution in [3.05, 3.63) is 0 Å². The zero-order chi connectivity index (χ0) is 12.3. The van der Waals surface area contributed by atoms with Crippen molar-refractivity contribution in [1.29, 1.82) is 0 Å². The molecule has 1 saturated heterocycles. The van der Waals surface area contributed by atoms with Crippen LogP contribution in [0.5, 0.6) is 0 Å². The minimum Gasteiger partial charge on any atom is -0.351 e. The second-order valence-electron chi connectivity index (χ2n) is 6.31.